The van der Waals surface area contributed by atoms with E-state index in [1.54, 1.807) is 0 Å². The number of carboxylic acid groups (broad SMARTS) is 1. The zero-order chi connectivity index (χ0) is 11.0. The molecular weight excluding hydrogens is 188 g/mol. The van der Waals surface area contributed by atoms with Crippen LogP contribution in [0, 0.1) is 0 Å². The van der Waals surface area contributed by atoms with Crippen molar-refractivity contribution in [2.24, 2.45) is 0 Å². The average molecular weight is 200 g/mol. The quantitative estimate of drug-likeness (QED) is 0.550. The molecule has 0 fully saturated rings. The van der Waals surface area contributed by atoms with Gasteiger partial charge in [0.05, 0.1) is 0 Å². The van der Waals surface area contributed by atoms with E-state index >= 15 is 0 Å². The van der Waals surface area contributed by atoms with Crippen LogP contribution in [0.4, 0.5) is 4.79 Å². The van der Waals surface area contributed by atoms with E-state index in [9.17, 15) is 14.4 Å². The lowest BCUT2D eigenvalue weighted by atomic mass is 10.4. The number of hydrogen-bond acceptors (Lipinski definition) is 3. The summed E-state index contributed by atoms with van der Waals surface area (Å²) in [4.78, 5) is 31.6. The number of imide groups is 1. The number of aliphatic carboxylic acids is 1. The second-order valence-corrected chi connectivity index (χ2v) is 2.42. The highest BCUT2D eigenvalue weighted by atomic mass is 16.4. The van der Waals surface area contributed by atoms with Crippen LogP contribution in [0.25, 0.3) is 0 Å². The summed E-state index contributed by atoms with van der Waals surface area (Å²) in [7, 11) is 0. The molecule has 3 amide bonds. The van der Waals surface area contributed by atoms with Gasteiger partial charge >= 0.3 is 12.0 Å². The number of urea groups is 1. The van der Waals surface area contributed by atoms with Gasteiger partial charge in [-0.25, -0.2) is 9.59 Å². The standard InChI is InChI=1S/C8H12N2O4/c1-2-5-9-8(14)10-6(11)3-4-7(12)13/h3-4H,2,5H2,1H3,(H,12,13)(H2,9,10,11,14)/b4-3+. The van der Waals surface area contributed by atoms with Crippen LogP contribution < -0.4 is 10.6 Å². The Kier molecular flexibility index (Phi) is 5.77. The summed E-state index contributed by atoms with van der Waals surface area (Å²) in [6, 6.07) is -0.633. The lowest BCUT2D eigenvalue weighted by Crippen LogP contribution is -2.38. The van der Waals surface area contributed by atoms with Gasteiger partial charge in [0.1, 0.15) is 0 Å². The first-order valence-corrected chi connectivity index (χ1v) is 4.06. The highest BCUT2D eigenvalue weighted by Crippen LogP contribution is 1.76. The van der Waals surface area contributed by atoms with Gasteiger partial charge in [0.15, 0.2) is 0 Å². The van der Waals surface area contributed by atoms with Gasteiger partial charge < -0.3 is 10.4 Å². The molecular formula is C8H12N2O4. The Morgan fingerprint density at radius 2 is 1.93 bits per heavy atom. The Balaban J connectivity index is 3.82. The van der Waals surface area contributed by atoms with Crippen molar-refractivity contribution in [1.29, 1.82) is 0 Å². The molecule has 0 aliphatic rings. The lowest BCUT2D eigenvalue weighted by Gasteiger charge is -2.01. The fourth-order valence-corrected chi connectivity index (χ4v) is 0.583. The van der Waals surface area contributed by atoms with Crippen molar-refractivity contribution in [2.45, 2.75) is 13.3 Å². The van der Waals surface area contributed by atoms with E-state index in [2.05, 4.69) is 5.32 Å². The lowest BCUT2D eigenvalue weighted by molar-refractivity contribution is -0.131. The van der Waals surface area contributed by atoms with Crippen molar-refractivity contribution in [3.05, 3.63) is 12.2 Å². The summed E-state index contributed by atoms with van der Waals surface area (Å²) < 4.78 is 0. The Bertz CT molecular complexity index is 260. The third-order valence-corrected chi connectivity index (χ3v) is 1.15. The van der Waals surface area contributed by atoms with Crippen LogP contribution in [0.2, 0.25) is 0 Å². The Morgan fingerprint density at radius 1 is 1.29 bits per heavy atom. The normalized spacial score (nSPS) is 9.79. The number of amides is 3. The van der Waals surface area contributed by atoms with Crippen LogP contribution in [0.3, 0.4) is 0 Å². The molecule has 14 heavy (non-hydrogen) atoms. The number of hydrogen-bond donors (Lipinski definition) is 3. The smallest absolute Gasteiger partial charge is 0.328 e. The van der Waals surface area contributed by atoms with Crippen LogP contribution in [0.1, 0.15) is 13.3 Å². The molecule has 0 unspecified atom stereocenters. The molecule has 0 saturated carbocycles. The Hall–Kier alpha value is -1.85. The van der Waals surface area contributed by atoms with Crippen molar-refractivity contribution >= 4 is 17.9 Å². The van der Waals surface area contributed by atoms with Crippen molar-refractivity contribution in [1.82, 2.24) is 10.6 Å². The zero-order valence-corrected chi connectivity index (χ0v) is 7.74. The molecule has 0 rings (SSSR count). The molecule has 0 aromatic rings. The van der Waals surface area contributed by atoms with Gasteiger partial charge in [-0.1, -0.05) is 6.92 Å². The number of carbonyl (C=O) groups is 3. The number of carbonyl (C=O) groups excluding carboxylic acids is 2. The molecule has 0 aromatic carbocycles. The first kappa shape index (κ1) is 12.2. The van der Waals surface area contributed by atoms with Crippen LogP contribution >= 0.6 is 0 Å². The largest absolute Gasteiger partial charge is 0.478 e. The summed E-state index contributed by atoms with van der Waals surface area (Å²) in [6.45, 7) is 2.33. The third-order valence-electron chi connectivity index (χ3n) is 1.15. The number of rotatable bonds is 4. The molecule has 0 atom stereocenters. The van der Waals surface area contributed by atoms with Crippen LogP contribution in [0.15, 0.2) is 12.2 Å². The fourth-order valence-electron chi connectivity index (χ4n) is 0.583. The highest BCUT2D eigenvalue weighted by Gasteiger charge is 2.02. The SMILES string of the molecule is CCCNC(=O)NC(=O)/C=C/C(=O)O. The molecule has 0 bridgehead atoms. The first-order valence-electron chi connectivity index (χ1n) is 4.06. The van der Waals surface area contributed by atoms with Gasteiger partial charge in [-0.3, -0.25) is 10.1 Å². The molecule has 78 valence electrons. The summed E-state index contributed by atoms with van der Waals surface area (Å²) in [6.07, 6.45) is 2.18. The molecule has 0 aromatic heterocycles. The van der Waals surface area contributed by atoms with Crippen LogP contribution in [0.5, 0.6) is 0 Å². The van der Waals surface area contributed by atoms with E-state index in [1.165, 1.54) is 0 Å². The van der Waals surface area contributed by atoms with Gasteiger partial charge in [0, 0.05) is 18.7 Å². The predicted molar refractivity (Wildman–Crippen MR) is 48.6 cm³/mol. The molecule has 6 nitrogen and oxygen atoms in total. The molecule has 0 spiro atoms. The maximum atomic E-state index is 10.8. The van der Waals surface area contributed by atoms with Gasteiger partial charge in [-0.15, -0.1) is 0 Å². The zero-order valence-electron chi connectivity index (χ0n) is 7.74. The van der Waals surface area contributed by atoms with E-state index in [4.69, 9.17) is 5.11 Å². The molecule has 3 N–H and O–H groups in total. The molecule has 0 saturated heterocycles. The van der Waals surface area contributed by atoms with Gasteiger partial charge in [0.25, 0.3) is 5.91 Å². The monoisotopic (exact) mass is 200 g/mol. The molecule has 6 heteroatoms. The summed E-state index contributed by atoms with van der Waals surface area (Å²) in [5, 5.41) is 12.5. The van der Waals surface area contributed by atoms with Crippen LogP contribution in [-0.4, -0.2) is 29.6 Å². The fraction of sp³-hybridized carbons (Fsp3) is 0.375. The second-order valence-electron chi connectivity index (χ2n) is 2.42. The van der Waals surface area contributed by atoms with Crippen LogP contribution in [-0.2, 0) is 9.59 Å². The highest BCUT2D eigenvalue weighted by molar-refractivity contribution is 6.02. The predicted octanol–water partition coefficient (Wildman–Crippen LogP) is -0.137. The van der Waals surface area contributed by atoms with Crippen molar-refractivity contribution in [3.8, 4) is 0 Å². The summed E-state index contributed by atoms with van der Waals surface area (Å²) in [5.41, 5.74) is 0. The van der Waals surface area contributed by atoms with Crippen molar-refractivity contribution in [3.63, 3.8) is 0 Å². The molecule has 0 radical (unpaired) electrons. The molecule has 0 aliphatic carbocycles. The molecule has 0 aliphatic heterocycles. The average Bonchev–Trinajstić information content (AvgIpc) is 2.11. The third kappa shape index (κ3) is 6.84. The molecule has 0 heterocycles. The maximum Gasteiger partial charge on any atom is 0.328 e. The number of nitrogens with one attached hydrogen (secondary N) is 2. The summed E-state index contributed by atoms with van der Waals surface area (Å²) >= 11 is 0. The minimum Gasteiger partial charge on any atom is -0.478 e. The maximum absolute atomic E-state index is 10.8. The minimum atomic E-state index is -1.24. The van der Waals surface area contributed by atoms with Gasteiger partial charge in [0.2, 0.25) is 0 Å². The van der Waals surface area contributed by atoms with E-state index < -0.39 is 17.9 Å². The van der Waals surface area contributed by atoms with E-state index in [1.807, 2.05) is 12.2 Å². The van der Waals surface area contributed by atoms with Gasteiger partial charge in [-0.2, -0.15) is 0 Å². The van der Waals surface area contributed by atoms with E-state index in [0.717, 1.165) is 12.5 Å². The van der Waals surface area contributed by atoms with E-state index in [0.29, 0.717) is 12.6 Å². The minimum absolute atomic E-state index is 0.460. The topological polar surface area (TPSA) is 95.5 Å². The Morgan fingerprint density at radius 3 is 2.43 bits per heavy atom. The summed E-state index contributed by atoms with van der Waals surface area (Å²) in [5.74, 6) is -2.00. The van der Waals surface area contributed by atoms with E-state index in [-0.39, 0.29) is 0 Å². The Labute approximate surface area is 81.0 Å². The van der Waals surface area contributed by atoms with Gasteiger partial charge in [-0.05, 0) is 6.42 Å². The number of carboxylic acids is 1. The van der Waals surface area contributed by atoms with Crippen molar-refractivity contribution in [2.75, 3.05) is 6.54 Å². The van der Waals surface area contributed by atoms with Crippen molar-refractivity contribution < 1.29 is 19.5 Å². The second kappa shape index (κ2) is 6.64. The first-order chi connectivity index (χ1) is 6.56.